The Morgan fingerprint density at radius 2 is 1.82 bits per heavy atom. The molecular weight excluding hydrogens is 514 g/mol. The van der Waals surface area contributed by atoms with E-state index >= 15 is 0 Å². The molecule has 0 aliphatic carbocycles. The van der Waals surface area contributed by atoms with E-state index in [-0.39, 0.29) is 16.4 Å². The molecule has 3 unspecified atom stereocenters. The number of sulfone groups is 1. The topological polar surface area (TPSA) is 96.3 Å². The van der Waals surface area contributed by atoms with Gasteiger partial charge in [0.05, 0.1) is 0 Å². The lowest BCUT2D eigenvalue weighted by Gasteiger charge is -2.31. The Morgan fingerprint density at radius 1 is 1.08 bits per heavy atom. The fourth-order valence-electron chi connectivity index (χ4n) is 5.47. The average Bonchev–Trinajstić information content (AvgIpc) is 3.33. The van der Waals surface area contributed by atoms with Crippen molar-refractivity contribution in [1.29, 1.82) is 0 Å². The Balaban J connectivity index is 1.45. The maximum absolute atomic E-state index is 12.1. The Kier molecular flexibility index (Phi) is 7.35. The van der Waals surface area contributed by atoms with E-state index in [9.17, 15) is 18.6 Å². The number of likely N-dealkylation sites (tertiary alicyclic amines) is 1. The molecule has 1 saturated heterocycles. The molecule has 0 aromatic heterocycles. The molecular formula is C31H35NO6S. The third-order valence-electron chi connectivity index (χ3n) is 7.70. The molecule has 3 aromatic carbocycles. The summed E-state index contributed by atoms with van der Waals surface area (Å²) in [5.74, 6) is 1.93. The second kappa shape index (κ2) is 10.6. The summed E-state index contributed by atoms with van der Waals surface area (Å²) in [7, 11) is -3.59. The van der Waals surface area contributed by atoms with Crippen molar-refractivity contribution in [3.8, 4) is 23.0 Å². The van der Waals surface area contributed by atoms with Gasteiger partial charge < -0.3 is 19.7 Å². The second-order valence-corrected chi connectivity index (χ2v) is 12.8. The first-order valence-electron chi connectivity index (χ1n) is 13.2. The second-order valence-electron chi connectivity index (χ2n) is 10.8. The van der Waals surface area contributed by atoms with Crippen LogP contribution >= 0.6 is 0 Å². The van der Waals surface area contributed by atoms with Crippen molar-refractivity contribution in [3.05, 3.63) is 77.4 Å². The molecule has 7 nitrogen and oxygen atoms in total. The molecule has 0 bridgehead atoms. The Bertz CT molecular complexity index is 1510. The summed E-state index contributed by atoms with van der Waals surface area (Å²) in [6.07, 6.45) is 1.77. The lowest BCUT2D eigenvalue weighted by molar-refractivity contribution is 0.169. The van der Waals surface area contributed by atoms with E-state index in [4.69, 9.17) is 9.47 Å². The number of phenols is 2. The zero-order valence-corrected chi connectivity index (χ0v) is 23.5. The highest BCUT2D eigenvalue weighted by Gasteiger charge is 2.30. The standard InChI is InChI=1S/C31H35NO6S/c1-19-13-14-32(17-19)20(2)18-37-25-9-5-22(6-10-25)31-30(21(3)26-16-24(33)8-11-28(26)38-31)23-7-12-29(27(34)15-23)39(4,35)36/h5-12,15-16,19-20,31,33-34H,13-14,17-18H2,1-4H3. The van der Waals surface area contributed by atoms with Gasteiger partial charge in [-0.05, 0) is 91.9 Å². The van der Waals surface area contributed by atoms with Crippen molar-refractivity contribution in [2.24, 2.45) is 5.92 Å². The highest BCUT2D eigenvalue weighted by atomic mass is 32.2. The van der Waals surface area contributed by atoms with Crippen molar-refractivity contribution in [2.45, 2.75) is 44.2 Å². The van der Waals surface area contributed by atoms with E-state index in [0.29, 0.717) is 24.0 Å². The van der Waals surface area contributed by atoms with E-state index in [1.807, 2.05) is 31.2 Å². The molecule has 5 rings (SSSR count). The normalized spacial score (nSPS) is 20.4. The van der Waals surface area contributed by atoms with E-state index in [1.54, 1.807) is 24.3 Å². The number of benzene rings is 3. The fourth-order valence-corrected chi connectivity index (χ4v) is 6.23. The summed E-state index contributed by atoms with van der Waals surface area (Å²) in [6.45, 7) is 9.24. The van der Waals surface area contributed by atoms with Gasteiger partial charge in [0.15, 0.2) is 9.84 Å². The molecule has 0 spiro atoms. The largest absolute Gasteiger partial charge is 0.508 e. The van der Waals surface area contributed by atoms with Crippen LogP contribution in [0.5, 0.6) is 23.0 Å². The van der Waals surface area contributed by atoms with Crippen molar-refractivity contribution in [3.63, 3.8) is 0 Å². The average molecular weight is 550 g/mol. The van der Waals surface area contributed by atoms with Crippen LogP contribution in [0.25, 0.3) is 11.1 Å². The van der Waals surface area contributed by atoms with Crippen molar-refractivity contribution < 1.29 is 28.1 Å². The predicted molar refractivity (Wildman–Crippen MR) is 152 cm³/mol. The van der Waals surface area contributed by atoms with Crippen LogP contribution in [0.15, 0.2) is 65.6 Å². The SMILES string of the molecule is CC1=C(c2ccc(S(C)(=O)=O)c(O)c2)C(c2ccc(OCC(C)N3CCC(C)C3)cc2)Oc2ccc(O)cc21. The van der Waals surface area contributed by atoms with Gasteiger partial charge >= 0.3 is 0 Å². The summed E-state index contributed by atoms with van der Waals surface area (Å²) < 4.78 is 36.7. The van der Waals surface area contributed by atoms with E-state index in [0.717, 1.165) is 53.3 Å². The van der Waals surface area contributed by atoms with Gasteiger partial charge in [-0.25, -0.2) is 8.42 Å². The van der Waals surface area contributed by atoms with Crippen LogP contribution in [0.1, 0.15) is 50.0 Å². The van der Waals surface area contributed by atoms with E-state index < -0.39 is 15.9 Å². The monoisotopic (exact) mass is 549 g/mol. The molecule has 0 radical (unpaired) electrons. The molecule has 39 heavy (non-hydrogen) atoms. The lowest BCUT2D eigenvalue weighted by Crippen LogP contribution is -2.35. The molecule has 0 amide bonds. The van der Waals surface area contributed by atoms with Gasteiger partial charge in [-0.15, -0.1) is 0 Å². The third-order valence-corrected chi connectivity index (χ3v) is 8.84. The summed E-state index contributed by atoms with van der Waals surface area (Å²) in [5, 5.41) is 20.7. The Labute approximate surface area is 230 Å². The van der Waals surface area contributed by atoms with Gasteiger partial charge in [-0.1, -0.05) is 25.1 Å². The first kappa shape index (κ1) is 27.1. The molecule has 3 atom stereocenters. The number of rotatable bonds is 7. The molecule has 2 aliphatic rings. The molecule has 0 saturated carbocycles. The summed E-state index contributed by atoms with van der Waals surface area (Å²) in [4.78, 5) is 2.34. The maximum atomic E-state index is 12.1. The van der Waals surface area contributed by atoms with Crippen LogP contribution in [-0.2, 0) is 9.84 Å². The molecule has 2 heterocycles. The van der Waals surface area contributed by atoms with Crippen molar-refractivity contribution in [1.82, 2.24) is 4.90 Å². The fraction of sp³-hybridized carbons (Fsp3) is 0.355. The third kappa shape index (κ3) is 5.63. The predicted octanol–water partition coefficient (Wildman–Crippen LogP) is 5.67. The van der Waals surface area contributed by atoms with Gasteiger partial charge in [-0.3, -0.25) is 4.90 Å². The van der Waals surface area contributed by atoms with Crippen LogP contribution in [0.4, 0.5) is 0 Å². The molecule has 206 valence electrons. The van der Waals surface area contributed by atoms with E-state index in [2.05, 4.69) is 18.7 Å². The highest BCUT2D eigenvalue weighted by molar-refractivity contribution is 7.90. The smallest absolute Gasteiger partial charge is 0.179 e. The maximum Gasteiger partial charge on any atom is 0.179 e. The Hall–Kier alpha value is -3.49. The molecule has 8 heteroatoms. The van der Waals surface area contributed by atoms with Crippen LogP contribution in [0.3, 0.4) is 0 Å². The number of hydrogen-bond acceptors (Lipinski definition) is 7. The number of hydrogen-bond donors (Lipinski definition) is 2. The molecule has 2 aliphatic heterocycles. The zero-order valence-electron chi connectivity index (χ0n) is 22.7. The van der Waals surface area contributed by atoms with Crippen molar-refractivity contribution in [2.75, 3.05) is 26.0 Å². The number of phenolic OH excluding ortho intramolecular Hbond substituents is 2. The minimum Gasteiger partial charge on any atom is -0.508 e. The highest BCUT2D eigenvalue weighted by Crippen LogP contribution is 2.48. The Morgan fingerprint density at radius 3 is 2.46 bits per heavy atom. The van der Waals surface area contributed by atoms with Gasteiger partial charge in [0.25, 0.3) is 0 Å². The van der Waals surface area contributed by atoms with Crippen LogP contribution < -0.4 is 9.47 Å². The van der Waals surface area contributed by atoms with Gasteiger partial charge in [-0.2, -0.15) is 0 Å². The van der Waals surface area contributed by atoms with Crippen LogP contribution in [0, 0.1) is 5.92 Å². The summed E-state index contributed by atoms with van der Waals surface area (Å²) in [6, 6.07) is 17.6. The minimum atomic E-state index is -3.59. The molecule has 1 fully saturated rings. The number of aromatic hydroxyl groups is 2. The number of ether oxygens (including phenoxy) is 2. The quantitative estimate of drug-likeness (QED) is 0.392. The molecule has 2 N–H and O–H groups in total. The van der Waals surface area contributed by atoms with Gasteiger partial charge in [0.2, 0.25) is 0 Å². The summed E-state index contributed by atoms with van der Waals surface area (Å²) >= 11 is 0. The van der Waals surface area contributed by atoms with E-state index in [1.165, 1.54) is 18.6 Å². The van der Waals surface area contributed by atoms with Crippen molar-refractivity contribution >= 4 is 21.0 Å². The number of allylic oxidation sites excluding steroid dienone is 1. The minimum absolute atomic E-state index is 0.115. The first-order valence-corrected chi connectivity index (χ1v) is 15.1. The van der Waals surface area contributed by atoms with Gasteiger partial charge in [0, 0.05) is 30.0 Å². The first-order chi connectivity index (χ1) is 18.5. The van der Waals surface area contributed by atoms with Gasteiger partial charge in [0.1, 0.15) is 40.6 Å². The van der Waals surface area contributed by atoms with Crippen LogP contribution in [0.2, 0.25) is 0 Å². The zero-order chi connectivity index (χ0) is 27.9. The lowest BCUT2D eigenvalue weighted by atomic mass is 9.86. The number of nitrogens with zero attached hydrogens (tertiary/aromatic N) is 1. The summed E-state index contributed by atoms with van der Waals surface area (Å²) in [5.41, 5.74) is 3.87. The molecule has 3 aromatic rings. The van der Waals surface area contributed by atoms with Crippen LogP contribution in [-0.4, -0.2) is 55.5 Å². The number of fused-ring (bicyclic) bond motifs is 1.